The Morgan fingerprint density at radius 1 is 1.06 bits per heavy atom. The van der Waals surface area contributed by atoms with Crippen LogP contribution in [0.3, 0.4) is 0 Å². The van der Waals surface area contributed by atoms with E-state index in [1.807, 2.05) is 0 Å². The summed E-state index contributed by atoms with van der Waals surface area (Å²) in [5.74, 6) is -3.63. The monoisotopic (exact) mass is 486 g/mol. The second kappa shape index (κ2) is 12.3. The number of hydrogen-bond donors (Lipinski definition) is 5. The van der Waals surface area contributed by atoms with Crippen molar-refractivity contribution in [1.82, 2.24) is 16.0 Å². The van der Waals surface area contributed by atoms with Crippen LogP contribution in [0.5, 0.6) is 0 Å². The number of benzene rings is 1. The fourth-order valence-corrected chi connectivity index (χ4v) is 4.86. The number of aromatic carboxylic acids is 1. The number of carbonyl (C=O) groups excluding carboxylic acids is 4. The lowest BCUT2D eigenvalue weighted by molar-refractivity contribution is -0.140. The first-order valence-electron chi connectivity index (χ1n) is 12.3. The molecule has 1 aliphatic heterocycles. The number of carbonyl (C=O) groups is 5. The van der Waals surface area contributed by atoms with E-state index < -0.39 is 41.6 Å². The van der Waals surface area contributed by atoms with E-state index in [0.717, 1.165) is 25.7 Å². The highest BCUT2D eigenvalue weighted by Gasteiger charge is 2.36. The molecule has 1 aromatic carbocycles. The summed E-state index contributed by atoms with van der Waals surface area (Å²) in [5.41, 5.74) is 0.342. The second-order valence-corrected chi connectivity index (χ2v) is 9.23. The number of para-hydroxylation sites is 1. The quantitative estimate of drug-likeness (QED) is 0.280. The first-order valence-corrected chi connectivity index (χ1v) is 12.3. The van der Waals surface area contributed by atoms with Crippen molar-refractivity contribution in [1.29, 1.82) is 0 Å². The zero-order valence-electron chi connectivity index (χ0n) is 20.0. The first-order chi connectivity index (χ1) is 16.8. The van der Waals surface area contributed by atoms with Crippen LogP contribution in [0, 0.1) is 11.8 Å². The predicted octanol–water partition coefficient (Wildman–Crippen LogP) is 1.46. The highest BCUT2D eigenvalue weighted by atomic mass is 16.4. The Balaban J connectivity index is 1.82. The van der Waals surface area contributed by atoms with Crippen LogP contribution in [0.15, 0.2) is 24.3 Å². The summed E-state index contributed by atoms with van der Waals surface area (Å²) in [4.78, 5) is 62.4. The Labute approximate surface area is 204 Å². The summed E-state index contributed by atoms with van der Waals surface area (Å²) in [6.45, 7) is 2.43. The van der Waals surface area contributed by atoms with Crippen molar-refractivity contribution in [2.24, 2.45) is 11.8 Å². The Bertz CT molecular complexity index is 959. The van der Waals surface area contributed by atoms with Crippen molar-refractivity contribution in [3.05, 3.63) is 29.8 Å². The maximum Gasteiger partial charge on any atom is 0.337 e. The number of hydrogen-bond acceptors (Lipinski definition) is 6. The van der Waals surface area contributed by atoms with Gasteiger partial charge in [0.05, 0.1) is 11.6 Å². The van der Waals surface area contributed by atoms with Gasteiger partial charge in [-0.1, -0.05) is 37.8 Å². The fourth-order valence-electron chi connectivity index (χ4n) is 4.86. The van der Waals surface area contributed by atoms with Crippen LogP contribution in [0.25, 0.3) is 0 Å². The summed E-state index contributed by atoms with van der Waals surface area (Å²) < 4.78 is 0. The molecule has 2 aliphatic rings. The molecule has 0 bridgehead atoms. The van der Waals surface area contributed by atoms with Gasteiger partial charge in [-0.2, -0.15) is 0 Å². The zero-order valence-corrected chi connectivity index (χ0v) is 20.0. The number of rotatable bonds is 12. The minimum atomic E-state index is -1.16. The number of Topliss-reactive ketones (excluding diaryl/α,β-unsaturated/α-hetero) is 1. The third-order valence-electron chi connectivity index (χ3n) is 6.72. The number of amides is 3. The highest BCUT2D eigenvalue weighted by molar-refractivity contribution is 6.38. The molecule has 10 heteroatoms. The molecule has 5 N–H and O–H groups in total. The number of carboxylic acid groups (broad SMARTS) is 1. The number of anilines is 1. The van der Waals surface area contributed by atoms with Gasteiger partial charge < -0.3 is 26.4 Å². The summed E-state index contributed by atoms with van der Waals surface area (Å²) in [6, 6.07) is 4.37. The van der Waals surface area contributed by atoms with Gasteiger partial charge in [0.15, 0.2) is 0 Å². The lowest BCUT2D eigenvalue weighted by atomic mass is 9.93. The maximum atomic E-state index is 13.5. The molecule has 1 saturated heterocycles. The molecule has 0 unspecified atom stereocenters. The average molecular weight is 487 g/mol. The van der Waals surface area contributed by atoms with Gasteiger partial charge in [0.1, 0.15) is 6.04 Å². The zero-order chi connectivity index (χ0) is 25.4. The molecule has 35 heavy (non-hydrogen) atoms. The van der Waals surface area contributed by atoms with Gasteiger partial charge >= 0.3 is 5.97 Å². The van der Waals surface area contributed by atoms with E-state index in [1.54, 1.807) is 25.1 Å². The van der Waals surface area contributed by atoms with Crippen LogP contribution in [0.2, 0.25) is 0 Å². The highest BCUT2D eigenvalue weighted by Crippen LogP contribution is 2.30. The summed E-state index contributed by atoms with van der Waals surface area (Å²) >= 11 is 0. The Morgan fingerprint density at radius 2 is 1.77 bits per heavy atom. The molecule has 1 heterocycles. The Hall–Kier alpha value is -3.43. The minimum Gasteiger partial charge on any atom is -0.478 e. The van der Waals surface area contributed by atoms with Crippen molar-refractivity contribution in [2.75, 3.05) is 18.4 Å². The Kier molecular flexibility index (Phi) is 9.22. The second-order valence-electron chi connectivity index (χ2n) is 9.23. The van der Waals surface area contributed by atoms with Gasteiger partial charge in [0.2, 0.25) is 17.6 Å². The Morgan fingerprint density at radius 3 is 2.40 bits per heavy atom. The third kappa shape index (κ3) is 7.03. The summed E-state index contributed by atoms with van der Waals surface area (Å²) in [7, 11) is 0. The van der Waals surface area contributed by atoms with E-state index in [2.05, 4.69) is 21.3 Å². The van der Waals surface area contributed by atoms with Crippen LogP contribution < -0.4 is 21.3 Å². The lowest BCUT2D eigenvalue weighted by Crippen LogP contribution is -2.52. The SMILES string of the molecule is CCNC(=O)C(=O)[C@H](C[C@@H]1CCNC1=O)NC(=O)[C@H](CC1CCCC1)Nc1ccccc1C(=O)O. The molecule has 1 aromatic rings. The van der Waals surface area contributed by atoms with E-state index in [9.17, 15) is 29.1 Å². The van der Waals surface area contributed by atoms with Gasteiger partial charge in [-0.25, -0.2) is 4.79 Å². The van der Waals surface area contributed by atoms with Gasteiger partial charge in [0.25, 0.3) is 5.91 Å². The molecule has 2 fully saturated rings. The van der Waals surface area contributed by atoms with E-state index in [0.29, 0.717) is 25.1 Å². The number of nitrogens with one attached hydrogen (secondary N) is 4. The number of carboxylic acids is 1. The molecule has 3 rings (SSSR count). The fraction of sp³-hybridized carbons (Fsp3) is 0.560. The molecule has 3 atom stereocenters. The van der Waals surface area contributed by atoms with Gasteiger partial charge in [-0.15, -0.1) is 0 Å². The first kappa shape index (κ1) is 26.2. The van der Waals surface area contributed by atoms with Crippen LogP contribution in [0.4, 0.5) is 5.69 Å². The summed E-state index contributed by atoms with van der Waals surface area (Å²) in [5, 5.41) is 20.5. The molecule has 0 radical (unpaired) electrons. The van der Waals surface area contributed by atoms with Crippen molar-refractivity contribution >= 4 is 35.2 Å². The third-order valence-corrected chi connectivity index (χ3v) is 6.72. The molecular weight excluding hydrogens is 452 g/mol. The predicted molar refractivity (Wildman–Crippen MR) is 129 cm³/mol. The van der Waals surface area contributed by atoms with Crippen molar-refractivity contribution in [3.8, 4) is 0 Å². The normalized spacial score (nSPS) is 19.5. The van der Waals surface area contributed by atoms with Gasteiger partial charge in [-0.3, -0.25) is 19.2 Å². The van der Waals surface area contributed by atoms with Crippen LogP contribution in [0.1, 0.15) is 62.2 Å². The number of ketones is 1. The molecule has 1 aliphatic carbocycles. The summed E-state index contributed by atoms with van der Waals surface area (Å²) in [6.07, 6.45) is 5.08. The lowest BCUT2D eigenvalue weighted by Gasteiger charge is -2.26. The van der Waals surface area contributed by atoms with Crippen LogP contribution in [-0.4, -0.2) is 59.8 Å². The molecule has 10 nitrogen and oxygen atoms in total. The number of likely N-dealkylation sites (N-methyl/N-ethyl adjacent to an activating group) is 1. The molecule has 1 saturated carbocycles. The van der Waals surface area contributed by atoms with Crippen LogP contribution >= 0.6 is 0 Å². The molecule has 0 spiro atoms. The molecular formula is C25H34N4O6. The van der Waals surface area contributed by atoms with E-state index in [1.165, 1.54) is 6.07 Å². The van der Waals surface area contributed by atoms with Crippen molar-refractivity contribution in [3.63, 3.8) is 0 Å². The molecule has 190 valence electrons. The van der Waals surface area contributed by atoms with Crippen molar-refractivity contribution in [2.45, 2.75) is 64.0 Å². The topological polar surface area (TPSA) is 154 Å². The van der Waals surface area contributed by atoms with Crippen LogP contribution in [-0.2, 0) is 19.2 Å². The van der Waals surface area contributed by atoms with E-state index >= 15 is 0 Å². The minimum absolute atomic E-state index is 0.0232. The van der Waals surface area contributed by atoms with Crippen molar-refractivity contribution < 1.29 is 29.1 Å². The molecule has 0 aromatic heterocycles. The molecule has 3 amide bonds. The maximum absolute atomic E-state index is 13.5. The van der Waals surface area contributed by atoms with E-state index in [-0.39, 0.29) is 30.4 Å². The average Bonchev–Trinajstić information content (AvgIpc) is 3.49. The van der Waals surface area contributed by atoms with Gasteiger partial charge in [0, 0.05) is 24.7 Å². The standard InChI is InChI=1S/C25H34N4O6/c1-2-26-24(33)21(30)19(14-16-11-12-27-22(16)31)29-23(32)20(13-15-7-3-4-8-15)28-18-10-6-5-9-17(18)25(34)35/h5-6,9-10,15-16,19-20,28H,2-4,7-8,11-14H2,1H3,(H,26,33)(H,27,31)(H,29,32)(H,34,35)/t16-,19-,20-/m0/s1. The van der Waals surface area contributed by atoms with E-state index in [4.69, 9.17) is 0 Å². The largest absolute Gasteiger partial charge is 0.478 e. The smallest absolute Gasteiger partial charge is 0.337 e. The van der Waals surface area contributed by atoms with Gasteiger partial charge in [-0.05, 0) is 44.2 Å².